The van der Waals surface area contributed by atoms with Crippen molar-refractivity contribution in [3.05, 3.63) is 77.9 Å². The highest BCUT2D eigenvalue weighted by Gasteiger charge is 2.09. The molecule has 0 aliphatic heterocycles. The third kappa shape index (κ3) is 4.46. The molecule has 1 heterocycles. The van der Waals surface area contributed by atoms with Crippen molar-refractivity contribution in [3.63, 3.8) is 0 Å². The number of aromatic nitrogens is 1. The molecule has 0 unspecified atom stereocenters. The summed E-state index contributed by atoms with van der Waals surface area (Å²) in [5.74, 6) is 0.608. The highest BCUT2D eigenvalue weighted by Crippen LogP contribution is 2.31. The van der Waals surface area contributed by atoms with E-state index in [1.807, 2.05) is 50.2 Å². The quantitative estimate of drug-likeness (QED) is 0.425. The lowest BCUT2D eigenvalue weighted by Crippen LogP contribution is -2.12. The zero-order valence-electron chi connectivity index (χ0n) is 16.6. The molecule has 0 radical (unpaired) electrons. The largest absolute Gasteiger partial charge is 0.491 e. The summed E-state index contributed by atoms with van der Waals surface area (Å²) in [5.41, 5.74) is 4.62. The fourth-order valence-electron chi connectivity index (χ4n) is 3.01. The minimum absolute atomic E-state index is 0.104. The summed E-state index contributed by atoms with van der Waals surface area (Å²) < 4.78 is 6.80. The molecule has 0 saturated carbocycles. The van der Waals surface area contributed by atoms with Gasteiger partial charge < -0.3 is 10.1 Å². The Labute approximate surface area is 174 Å². The Morgan fingerprint density at radius 1 is 1.00 bits per heavy atom. The molecule has 0 atom stereocenters. The van der Waals surface area contributed by atoms with E-state index in [1.165, 1.54) is 10.3 Å². The van der Waals surface area contributed by atoms with E-state index in [2.05, 4.69) is 30.4 Å². The maximum atomic E-state index is 12.5. The van der Waals surface area contributed by atoms with Crippen LogP contribution >= 0.6 is 11.3 Å². The second kappa shape index (κ2) is 8.05. The molecule has 4 nitrogen and oxygen atoms in total. The number of ether oxygens (including phenoxy) is 1. The van der Waals surface area contributed by atoms with E-state index >= 15 is 0 Å². The van der Waals surface area contributed by atoms with Gasteiger partial charge in [0, 0.05) is 16.8 Å². The molecule has 0 bridgehead atoms. The van der Waals surface area contributed by atoms with Gasteiger partial charge in [-0.3, -0.25) is 4.79 Å². The number of carbonyl (C=O) groups is 1. The molecule has 4 rings (SSSR count). The predicted octanol–water partition coefficient (Wildman–Crippen LogP) is 6.31. The van der Waals surface area contributed by atoms with Crippen LogP contribution in [0.1, 0.15) is 29.8 Å². The molecule has 29 heavy (non-hydrogen) atoms. The molecular formula is C24H22N2O2S. The maximum Gasteiger partial charge on any atom is 0.255 e. The first-order valence-corrected chi connectivity index (χ1v) is 10.4. The zero-order chi connectivity index (χ0) is 20.4. The van der Waals surface area contributed by atoms with Crippen LogP contribution in [0, 0.1) is 6.92 Å². The van der Waals surface area contributed by atoms with Gasteiger partial charge in [0.15, 0.2) is 0 Å². The molecule has 0 fully saturated rings. The van der Waals surface area contributed by atoms with Crippen LogP contribution in [0.25, 0.3) is 20.8 Å². The van der Waals surface area contributed by atoms with Crippen molar-refractivity contribution in [2.75, 3.05) is 5.32 Å². The van der Waals surface area contributed by atoms with Gasteiger partial charge in [-0.2, -0.15) is 0 Å². The minimum Gasteiger partial charge on any atom is -0.491 e. The van der Waals surface area contributed by atoms with Crippen molar-refractivity contribution in [2.24, 2.45) is 0 Å². The number of rotatable bonds is 5. The van der Waals surface area contributed by atoms with Crippen LogP contribution in [-0.2, 0) is 0 Å². The first-order valence-electron chi connectivity index (χ1n) is 9.53. The zero-order valence-corrected chi connectivity index (χ0v) is 17.4. The number of amides is 1. The van der Waals surface area contributed by atoms with E-state index in [9.17, 15) is 4.79 Å². The van der Waals surface area contributed by atoms with Crippen molar-refractivity contribution in [2.45, 2.75) is 26.9 Å². The lowest BCUT2D eigenvalue weighted by Gasteiger charge is -2.10. The maximum absolute atomic E-state index is 12.5. The average Bonchev–Trinajstić information content (AvgIpc) is 3.11. The number of carbonyl (C=O) groups excluding carboxylic acids is 1. The molecule has 0 aliphatic rings. The van der Waals surface area contributed by atoms with Gasteiger partial charge in [-0.05, 0) is 87.0 Å². The van der Waals surface area contributed by atoms with Gasteiger partial charge >= 0.3 is 0 Å². The van der Waals surface area contributed by atoms with Gasteiger partial charge in [0.2, 0.25) is 0 Å². The molecule has 146 valence electrons. The first-order chi connectivity index (χ1) is 14.0. The van der Waals surface area contributed by atoms with E-state index in [-0.39, 0.29) is 12.0 Å². The number of aryl methyl sites for hydroxylation is 1. The summed E-state index contributed by atoms with van der Waals surface area (Å²) in [4.78, 5) is 17.2. The van der Waals surface area contributed by atoms with Crippen LogP contribution in [0.2, 0.25) is 0 Å². The van der Waals surface area contributed by atoms with E-state index in [0.717, 1.165) is 27.5 Å². The van der Waals surface area contributed by atoms with E-state index < -0.39 is 0 Å². The van der Waals surface area contributed by atoms with Crippen LogP contribution in [0.5, 0.6) is 5.75 Å². The molecule has 1 amide bonds. The van der Waals surface area contributed by atoms with Crippen molar-refractivity contribution >= 4 is 33.1 Å². The predicted molar refractivity (Wildman–Crippen MR) is 120 cm³/mol. The summed E-state index contributed by atoms with van der Waals surface area (Å²) in [6.07, 6.45) is 0.104. The van der Waals surface area contributed by atoms with Gasteiger partial charge in [-0.1, -0.05) is 6.07 Å². The minimum atomic E-state index is -0.149. The number of thiazole rings is 1. The van der Waals surface area contributed by atoms with Crippen LogP contribution in [0.15, 0.2) is 66.7 Å². The number of anilines is 1. The number of fused-ring (bicyclic) bond motifs is 1. The molecule has 1 N–H and O–H groups in total. The number of nitrogens with one attached hydrogen (secondary N) is 1. The third-order valence-corrected chi connectivity index (χ3v) is 5.49. The summed E-state index contributed by atoms with van der Waals surface area (Å²) in [6, 6.07) is 21.2. The van der Waals surface area contributed by atoms with Gasteiger partial charge in [-0.25, -0.2) is 4.98 Å². The second-order valence-electron chi connectivity index (χ2n) is 7.21. The Morgan fingerprint density at radius 2 is 1.72 bits per heavy atom. The average molecular weight is 403 g/mol. The summed E-state index contributed by atoms with van der Waals surface area (Å²) >= 11 is 1.68. The molecule has 0 saturated heterocycles. The van der Waals surface area contributed by atoms with Gasteiger partial charge in [0.05, 0.1) is 16.3 Å². The summed E-state index contributed by atoms with van der Waals surface area (Å²) in [6.45, 7) is 6.03. The summed E-state index contributed by atoms with van der Waals surface area (Å²) in [5, 5.41) is 3.91. The molecule has 0 aliphatic carbocycles. The molecule has 3 aromatic carbocycles. The SMILES string of the molecule is Cc1ccc2nc(-c3ccc(NC(=O)c4ccc(OC(C)C)cc4)cc3)sc2c1. The first kappa shape index (κ1) is 19.2. The van der Waals surface area contributed by atoms with Crippen LogP contribution in [-0.4, -0.2) is 17.0 Å². The lowest BCUT2D eigenvalue weighted by molar-refractivity contribution is 0.102. The van der Waals surface area contributed by atoms with Crippen molar-refractivity contribution in [3.8, 4) is 16.3 Å². The van der Waals surface area contributed by atoms with Crippen molar-refractivity contribution in [1.29, 1.82) is 0 Å². The number of benzene rings is 3. The fourth-order valence-corrected chi connectivity index (χ4v) is 4.08. The van der Waals surface area contributed by atoms with E-state index in [1.54, 1.807) is 23.5 Å². The topological polar surface area (TPSA) is 51.2 Å². The van der Waals surface area contributed by atoms with Gasteiger partial charge in [-0.15, -0.1) is 11.3 Å². The molecule has 1 aromatic heterocycles. The Bertz CT molecular complexity index is 1150. The van der Waals surface area contributed by atoms with Crippen LogP contribution in [0.3, 0.4) is 0 Å². The second-order valence-corrected chi connectivity index (χ2v) is 8.24. The van der Waals surface area contributed by atoms with E-state index in [0.29, 0.717) is 5.56 Å². The van der Waals surface area contributed by atoms with Gasteiger partial charge in [0.1, 0.15) is 10.8 Å². The molecular weight excluding hydrogens is 380 g/mol. The Hall–Kier alpha value is -3.18. The van der Waals surface area contributed by atoms with Gasteiger partial charge in [0.25, 0.3) is 5.91 Å². The van der Waals surface area contributed by atoms with Crippen molar-refractivity contribution < 1.29 is 9.53 Å². The Balaban J connectivity index is 1.46. The van der Waals surface area contributed by atoms with Crippen LogP contribution < -0.4 is 10.1 Å². The number of hydrogen-bond acceptors (Lipinski definition) is 4. The molecule has 5 heteroatoms. The van der Waals surface area contributed by atoms with Crippen molar-refractivity contribution in [1.82, 2.24) is 4.98 Å². The highest BCUT2D eigenvalue weighted by molar-refractivity contribution is 7.21. The fraction of sp³-hybridized carbons (Fsp3) is 0.167. The van der Waals surface area contributed by atoms with E-state index in [4.69, 9.17) is 9.72 Å². The third-order valence-electron chi connectivity index (χ3n) is 4.42. The van der Waals surface area contributed by atoms with Crippen LogP contribution in [0.4, 0.5) is 5.69 Å². The Kier molecular flexibility index (Phi) is 5.32. The monoisotopic (exact) mass is 402 g/mol. The normalized spacial score (nSPS) is 11.0. The molecule has 4 aromatic rings. The number of nitrogens with zero attached hydrogens (tertiary/aromatic N) is 1. The lowest BCUT2D eigenvalue weighted by atomic mass is 10.1. The summed E-state index contributed by atoms with van der Waals surface area (Å²) in [7, 11) is 0. The number of hydrogen-bond donors (Lipinski definition) is 1. The Morgan fingerprint density at radius 3 is 2.41 bits per heavy atom. The smallest absolute Gasteiger partial charge is 0.255 e. The standard InChI is InChI=1S/C24H22N2O2S/c1-15(2)28-20-11-7-17(8-12-20)23(27)25-19-9-5-18(6-10-19)24-26-21-13-4-16(3)14-22(21)29-24/h4-15H,1-3H3,(H,25,27). The highest BCUT2D eigenvalue weighted by atomic mass is 32.1. The molecule has 0 spiro atoms.